The molecule has 0 fully saturated rings. The van der Waals surface area contributed by atoms with E-state index in [1.807, 2.05) is 0 Å². The van der Waals surface area contributed by atoms with Crippen LogP contribution in [0.25, 0.3) is 0 Å². The SMILES string of the molecule is OC1(S)C=CC=NC1. The summed E-state index contributed by atoms with van der Waals surface area (Å²) in [7, 11) is 0. The highest BCUT2D eigenvalue weighted by atomic mass is 32.1. The number of hydrogen-bond acceptors (Lipinski definition) is 3. The van der Waals surface area contributed by atoms with E-state index >= 15 is 0 Å². The highest BCUT2D eigenvalue weighted by Gasteiger charge is 2.16. The summed E-state index contributed by atoms with van der Waals surface area (Å²) in [6.07, 6.45) is 4.92. The fourth-order valence-electron chi connectivity index (χ4n) is 0.498. The van der Waals surface area contributed by atoms with Crippen molar-refractivity contribution >= 4 is 18.8 Å². The lowest BCUT2D eigenvalue weighted by Crippen LogP contribution is -2.23. The zero-order valence-corrected chi connectivity index (χ0v) is 5.18. The highest BCUT2D eigenvalue weighted by molar-refractivity contribution is 7.81. The van der Waals surface area contributed by atoms with Gasteiger partial charge in [0.2, 0.25) is 0 Å². The number of thiol groups is 1. The maximum Gasteiger partial charge on any atom is 0.146 e. The summed E-state index contributed by atoms with van der Waals surface area (Å²) in [4.78, 5) is 2.79. The molecule has 0 saturated heterocycles. The van der Waals surface area contributed by atoms with Crippen molar-refractivity contribution in [3.63, 3.8) is 0 Å². The average Bonchev–Trinajstić information content (AvgIpc) is 1.65. The normalized spacial score (nSPS) is 35.8. The van der Waals surface area contributed by atoms with Gasteiger partial charge < -0.3 is 5.11 Å². The van der Waals surface area contributed by atoms with Crippen LogP contribution in [-0.4, -0.2) is 22.8 Å². The molecule has 44 valence electrons. The number of nitrogens with zero attached hydrogens (tertiary/aromatic N) is 1. The Morgan fingerprint density at radius 1 is 1.75 bits per heavy atom. The van der Waals surface area contributed by atoms with Crippen LogP contribution in [0.2, 0.25) is 0 Å². The summed E-state index contributed by atoms with van der Waals surface area (Å²) in [6.45, 7) is 0.354. The Morgan fingerprint density at radius 3 is 2.75 bits per heavy atom. The Kier molecular flexibility index (Phi) is 1.40. The Labute approximate surface area is 53.3 Å². The number of aliphatic hydroxyl groups is 1. The molecule has 2 nitrogen and oxygen atoms in total. The molecule has 8 heavy (non-hydrogen) atoms. The van der Waals surface area contributed by atoms with Gasteiger partial charge in [-0.15, -0.1) is 12.6 Å². The third-order valence-electron chi connectivity index (χ3n) is 0.879. The van der Waals surface area contributed by atoms with Crippen LogP contribution in [0.3, 0.4) is 0 Å². The van der Waals surface area contributed by atoms with E-state index in [-0.39, 0.29) is 0 Å². The van der Waals surface area contributed by atoms with Crippen molar-refractivity contribution < 1.29 is 5.11 Å². The molecule has 1 atom stereocenters. The number of allylic oxidation sites excluding steroid dienone is 1. The molecule has 0 bridgehead atoms. The van der Waals surface area contributed by atoms with Crippen LogP contribution in [0.1, 0.15) is 0 Å². The van der Waals surface area contributed by atoms with Gasteiger partial charge >= 0.3 is 0 Å². The molecule has 1 unspecified atom stereocenters. The summed E-state index contributed by atoms with van der Waals surface area (Å²) >= 11 is 3.87. The predicted octanol–water partition coefficient (Wildman–Crippen LogP) is 0.245. The molecule has 1 aliphatic heterocycles. The molecule has 0 saturated carbocycles. The second kappa shape index (κ2) is 1.91. The molecule has 0 aromatic heterocycles. The number of dihydropyridines is 1. The Balaban J connectivity index is 2.65. The minimum absolute atomic E-state index is 0.354. The molecule has 1 heterocycles. The number of aliphatic imine (C=N–C) groups is 1. The molecule has 0 aromatic rings. The third kappa shape index (κ3) is 1.35. The second-order valence-electron chi connectivity index (χ2n) is 1.73. The highest BCUT2D eigenvalue weighted by Crippen LogP contribution is 2.13. The van der Waals surface area contributed by atoms with Gasteiger partial charge in [0.1, 0.15) is 4.93 Å². The monoisotopic (exact) mass is 129 g/mol. The minimum Gasteiger partial charge on any atom is -0.374 e. The van der Waals surface area contributed by atoms with Crippen molar-refractivity contribution in [1.82, 2.24) is 0 Å². The largest absolute Gasteiger partial charge is 0.374 e. The van der Waals surface area contributed by atoms with E-state index in [2.05, 4.69) is 17.6 Å². The zero-order valence-electron chi connectivity index (χ0n) is 4.28. The minimum atomic E-state index is -1.01. The topological polar surface area (TPSA) is 32.6 Å². The molecular weight excluding hydrogens is 122 g/mol. The van der Waals surface area contributed by atoms with Crippen molar-refractivity contribution in [1.29, 1.82) is 0 Å². The lowest BCUT2D eigenvalue weighted by Gasteiger charge is -2.15. The first-order valence-corrected chi connectivity index (χ1v) is 2.78. The van der Waals surface area contributed by atoms with Crippen LogP contribution in [-0.2, 0) is 0 Å². The zero-order chi connectivity index (χ0) is 6.04. The van der Waals surface area contributed by atoms with Crippen molar-refractivity contribution in [2.24, 2.45) is 4.99 Å². The van der Waals surface area contributed by atoms with E-state index in [9.17, 15) is 0 Å². The first-order valence-electron chi connectivity index (χ1n) is 2.33. The van der Waals surface area contributed by atoms with E-state index in [0.29, 0.717) is 6.54 Å². The van der Waals surface area contributed by atoms with Gasteiger partial charge in [-0.1, -0.05) is 0 Å². The Morgan fingerprint density at radius 2 is 2.50 bits per heavy atom. The van der Waals surface area contributed by atoms with E-state index in [1.54, 1.807) is 18.4 Å². The van der Waals surface area contributed by atoms with Gasteiger partial charge in [-0.3, -0.25) is 4.99 Å². The molecule has 0 amide bonds. The lowest BCUT2D eigenvalue weighted by atomic mass is 10.3. The smallest absolute Gasteiger partial charge is 0.146 e. The molecule has 3 heteroatoms. The van der Waals surface area contributed by atoms with Gasteiger partial charge in [0.15, 0.2) is 0 Å². The maximum absolute atomic E-state index is 9.04. The molecule has 1 rings (SSSR count). The van der Waals surface area contributed by atoms with Gasteiger partial charge in [-0.2, -0.15) is 0 Å². The van der Waals surface area contributed by atoms with E-state index < -0.39 is 4.93 Å². The summed E-state index contributed by atoms with van der Waals surface area (Å²) in [5.74, 6) is 0. The standard InChI is InChI=1S/C5H7NOS/c7-5(8)2-1-3-6-4-5/h1-3,7-8H,4H2. The van der Waals surface area contributed by atoms with Gasteiger partial charge in [-0.05, 0) is 12.2 Å². The Bertz CT molecular complexity index is 139. The van der Waals surface area contributed by atoms with Crippen LogP contribution >= 0.6 is 12.6 Å². The quantitative estimate of drug-likeness (QED) is 0.356. The van der Waals surface area contributed by atoms with E-state index in [1.165, 1.54) is 0 Å². The first-order chi connectivity index (χ1) is 3.71. The van der Waals surface area contributed by atoms with Gasteiger partial charge in [-0.25, -0.2) is 0 Å². The number of rotatable bonds is 0. The van der Waals surface area contributed by atoms with Crippen LogP contribution in [0.5, 0.6) is 0 Å². The molecule has 1 N–H and O–H groups in total. The molecule has 0 spiro atoms. The van der Waals surface area contributed by atoms with Gasteiger partial charge in [0, 0.05) is 6.21 Å². The van der Waals surface area contributed by atoms with Gasteiger partial charge in [0.05, 0.1) is 6.54 Å². The van der Waals surface area contributed by atoms with Crippen LogP contribution in [0, 0.1) is 0 Å². The van der Waals surface area contributed by atoms with Crippen LogP contribution in [0.4, 0.5) is 0 Å². The summed E-state index contributed by atoms with van der Waals surface area (Å²) in [6, 6.07) is 0. The molecular formula is C5H7NOS. The van der Waals surface area contributed by atoms with Crippen LogP contribution < -0.4 is 0 Å². The third-order valence-corrected chi connectivity index (χ3v) is 1.17. The summed E-state index contributed by atoms with van der Waals surface area (Å²) in [5, 5.41) is 9.04. The van der Waals surface area contributed by atoms with Crippen molar-refractivity contribution in [2.45, 2.75) is 4.93 Å². The first kappa shape index (κ1) is 5.85. The summed E-state index contributed by atoms with van der Waals surface area (Å²) < 4.78 is 0. The predicted molar refractivity (Wildman–Crippen MR) is 36.4 cm³/mol. The fraction of sp³-hybridized carbons (Fsp3) is 0.400. The Hall–Kier alpha value is -0.280. The molecule has 0 aliphatic carbocycles. The lowest BCUT2D eigenvalue weighted by molar-refractivity contribution is 0.198. The summed E-state index contributed by atoms with van der Waals surface area (Å²) in [5.41, 5.74) is 0. The number of hydrogen-bond donors (Lipinski definition) is 2. The van der Waals surface area contributed by atoms with Crippen molar-refractivity contribution in [3.8, 4) is 0 Å². The van der Waals surface area contributed by atoms with Gasteiger partial charge in [0.25, 0.3) is 0 Å². The molecule has 0 aromatic carbocycles. The van der Waals surface area contributed by atoms with E-state index in [4.69, 9.17) is 5.11 Å². The maximum atomic E-state index is 9.04. The van der Waals surface area contributed by atoms with Crippen molar-refractivity contribution in [2.75, 3.05) is 6.54 Å². The molecule has 1 aliphatic rings. The average molecular weight is 129 g/mol. The molecule has 0 radical (unpaired) electrons. The van der Waals surface area contributed by atoms with Crippen molar-refractivity contribution in [3.05, 3.63) is 12.2 Å². The second-order valence-corrected chi connectivity index (χ2v) is 2.50. The van der Waals surface area contributed by atoms with E-state index in [0.717, 1.165) is 0 Å². The van der Waals surface area contributed by atoms with Crippen LogP contribution in [0.15, 0.2) is 17.1 Å². The fourth-order valence-corrected chi connectivity index (χ4v) is 0.665.